The maximum atomic E-state index is 11.8. The molecule has 2 N–H and O–H groups in total. The Hall–Kier alpha value is -2.35. The number of hydrogen-bond donors (Lipinski definition) is 2. The predicted molar refractivity (Wildman–Crippen MR) is 120 cm³/mol. The Balaban J connectivity index is 1.59. The highest BCUT2D eigenvalue weighted by molar-refractivity contribution is 7.80. The zero-order valence-corrected chi connectivity index (χ0v) is 18.0. The molecule has 29 heavy (non-hydrogen) atoms. The first-order valence-electron chi connectivity index (χ1n) is 9.36. The Bertz CT molecular complexity index is 870. The van der Waals surface area contributed by atoms with Gasteiger partial charge in [0.1, 0.15) is 0 Å². The molecule has 1 saturated heterocycles. The van der Waals surface area contributed by atoms with E-state index >= 15 is 0 Å². The van der Waals surface area contributed by atoms with Crippen molar-refractivity contribution in [3.63, 3.8) is 0 Å². The van der Waals surface area contributed by atoms with E-state index in [1.165, 1.54) is 12.8 Å². The SMILES string of the molecule is COC(=O)c1cc(NC(=S)N[C@@H](C)c2ccc(N3CCOCC3)cc2)ccc1Cl. The van der Waals surface area contributed by atoms with E-state index in [-0.39, 0.29) is 11.6 Å². The minimum Gasteiger partial charge on any atom is -0.465 e. The summed E-state index contributed by atoms with van der Waals surface area (Å²) in [5.41, 5.74) is 3.26. The molecule has 1 heterocycles. The molecule has 0 spiro atoms. The Morgan fingerprint density at radius 3 is 2.55 bits per heavy atom. The number of benzene rings is 2. The summed E-state index contributed by atoms with van der Waals surface area (Å²) in [6.45, 7) is 5.40. The number of anilines is 2. The molecule has 1 aliphatic rings. The molecule has 0 aliphatic carbocycles. The van der Waals surface area contributed by atoms with Crippen LogP contribution in [0, 0.1) is 0 Å². The van der Waals surface area contributed by atoms with Gasteiger partial charge in [-0.25, -0.2) is 4.79 Å². The van der Waals surface area contributed by atoms with Gasteiger partial charge in [0.25, 0.3) is 0 Å². The minimum absolute atomic E-state index is 0.0149. The second kappa shape index (κ2) is 9.91. The van der Waals surface area contributed by atoms with Gasteiger partial charge in [0.15, 0.2) is 5.11 Å². The average molecular weight is 434 g/mol. The molecule has 3 rings (SSSR count). The summed E-state index contributed by atoms with van der Waals surface area (Å²) in [5, 5.41) is 7.12. The molecule has 2 aromatic rings. The molecule has 8 heteroatoms. The highest BCUT2D eigenvalue weighted by Gasteiger charge is 2.14. The van der Waals surface area contributed by atoms with Crippen LogP contribution in [0.4, 0.5) is 11.4 Å². The molecule has 1 atom stereocenters. The molecule has 6 nitrogen and oxygen atoms in total. The molecule has 1 aliphatic heterocycles. The molecule has 0 unspecified atom stereocenters. The van der Waals surface area contributed by atoms with Crippen LogP contribution in [0.15, 0.2) is 42.5 Å². The van der Waals surface area contributed by atoms with Crippen LogP contribution in [0.1, 0.15) is 28.9 Å². The quantitative estimate of drug-likeness (QED) is 0.545. The molecule has 2 aromatic carbocycles. The first kappa shape index (κ1) is 21.4. The number of ether oxygens (including phenoxy) is 2. The highest BCUT2D eigenvalue weighted by atomic mass is 35.5. The van der Waals surface area contributed by atoms with E-state index < -0.39 is 5.97 Å². The van der Waals surface area contributed by atoms with Gasteiger partial charge < -0.3 is 25.0 Å². The van der Waals surface area contributed by atoms with Gasteiger partial charge in [-0.15, -0.1) is 0 Å². The van der Waals surface area contributed by atoms with E-state index in [4.69, 9.17) is 33.3 Å². The van der Waals surface area contributed by atoms with Crippen LogP contribution in [-0.4, -0.2) is 44.5 Å². The Labute approximate surface area is 181 Å². The number of nitrogens with zero attached hydrogens (tertiary/aromatic N) is 1. The van der Waals surface area contributed by atoms with E-state index in [1.54, 1.807) is 18.2 Å². The molecule has 0 aromatic heterocycles. The number of hydrogen-bond acceptors (Lipinski definition) is 5. The summed E-state index contributed by atoms with van der Waals surface area (Å²) in [6.07, 6.45) is 0. The number of carbonyl (C=O) groups is 1. The Morgan fingerprint density at radius 1 is 1.21 bits per heavy atom. The number of esters is 1. The lowest BCUT2D eigenvalue weighted by Gasteiger charge is -2.29. The van der Waals surface area contributed by atoms with Crippen LogP contribution >= 0.6 is 23.8 Å². The third-order valence-electron chi connectivity index (χ3n) is 4.75. The number of thiocarbonyl (C=S) groups is 1. The molecule has 154 valence electrons. The van der Waals surface area contributed by atoms with Crippen LogP contribution in [0.25, 0.3) is 0 Å². The van der Waals surface area contributed by atoms with Crippen molar-refractivity contribution in [2.45, 2.75) is 13.0 Å². The fraction of sp³-hybridized carbons (Fsp3) is 0.333. The normalized spacial score (nSPS) is 14.8. The number of rotatable bonds is 5. The Kier molecular flexibility index (Phi) is 7.30. The number of methoxy groups -OCH3 is 1. The summed E-state index contributed by atoms with van der Waals surface area (Å²) in [4.78, 5) is 14.1. The van der Waals surface area contributed by atoms with Crippen molar-refractivity contribution in [3.05, 3.63) is 58.6 Å². The third kappa shape index (κ3) is 5.59. The van der Waals surface area contributed by atoms with Crippen molar-refractivity contribution >= 4 is 46.3 Å². The van der Waals surface area contributed by atoms with Crippen molar-refractivity contribution in [1.82, 2.24) is 5.32 Å². The van der Waals surface area contributed by atoms with Crippen LogP contribution in [0.5, 0.6) is 0 Å². The maximum absolute atomic E-state index is 11.8. The first-order chi connectivity index (χ1) is 14.0. The zero-order valence-electron chi connectivity index (χ0n) is 16.4. The minimum atomic E-state index is -0.494. The fourth-order valence-electron chi connectivity index (χ4n) is 3.11. The lowest BCUT2D eigenvalue weighted by molar-refractivity contribution is 0.0601. The van der Waals surface area contributed by atoms with Crippen LogP contribution in [0.2, 0.25) is 5.02 Å². The van der Waals surface area contributed by atoms with E-state index in [0.29, 0.717) is 15.8 Å². The molecule has 0 bridgehead atoms. The molecular weight excluding hydrogens is 410 g/mol. The topological polar surface area (TPSA) is 62.8 Å². The summed E-state index contributed by atoms with van der Waals surface area (Å²) < 4.78 is 10.1. The maximum Gasteiger partial charge on any atom is 0.339 e. The van der Waals surface area contributed by atoms with Gasteiger partial charge in [-0.05, 0) is 55.0 Å². The number of morpholine rings is 1. The van der Waals surface area contributed by atoms with Crippen LogP contribution in [0.3, 0.4) is 0 Å². The van der Waals surface area contributed by atoms with Gasteiger partial charge in [0, 0.05) is 24.5 Å². The van der Waals surface area contributed by atoms with Crippen molar-refractivity contribution in [3.8, 4) is 0 Å². The lowest BCUT2D eigenvalue weighted by Crippen LogP contribution is -2.36. The van der Waals surface area contributed by atoms with Crippen LogP contribution in [-0.2, 0) is 9.47 Å². The van der Waals surface area contributed by atoms with Crippen molar-refractivity contribution < 1.29 is 14.3 Å². The largest absolute Gasteiger partial charge is 0.465 e. The summed E-state index contributed by atoms with van der Waals surface area (Å²) in [6, 6.07) is 13.5. The smallest absolute Gasteiger partial charge is 0.339 e. The second-order valence-electron chi connectivity index (χ2n) is 6.70. The number of nitrogens with one attached hydrogen (secondary N) is 2. The van der Waals surface area contributed by atoms with Gasteiger partial charge in [-0.3, -0.25) is 0 Å². The van der Waals surface area contributed by atoms with Gasteiger partial charge in [0.05, 0.1) is 37.0 Å². The monoisotopic (exact) mass is 433 g/mol. The third-order valence-corrected chi connectivity index (χ3v) is 5.30. The van der Waals surface area contributed by atoms with Crippen molar-refractivity contribution in [2.75, 3.05) is 43.6 Å². The van der Waals surface area contributed by atoms with Gasteiger partial charge >= 0.3 is 5.97 Å². The zero-order chi connectivity index (χ0) is 20.8. The number of halogens is 1. The summed E-state index contributed by atoms with van der Waals surface area (Å²) >= 11 is 11.5. The van der Waals surface area contributed by atoms with Crippen LogP contribution < -0.4 is 15.5 Å². The van der Waals surface area contributed by atoms with Gasteiger partial charge in [-0.2, -0.15) is 0 Å². The second-order valence-corrected chi connectivity index (χ2v) is 7.51. The Morgan fingerprint density at radius 2 is 1.90 bits per heavy atom. The van der Waals surface area contributed by atoms with Gasteiger partial charge in [-0.1, -0.05) is 23.7 Å². The van der Waals surface area contributed by atoms with E-state index in [9.17, 15) is 4.79 Å². The lowest BCUT2D eigenvalue weighted by atomic mass is 10.1. The highest BCUT2D eigenvalue weighted by Crippen LogP contribution is 2.23. The summed E-state index contributed by atoms with van der Waals surface area (Å²) in [5.74, 6) is -0.494. The standard InChI is InChI=1S/C21H24ClN3O3S/c1-14(15-3-6-17(7-4-15)25-9-11-28-12-10-25)23-21(29)24-16-5-8-19(22)18(13-16)20(26)27-2/h3-8,13-14H,9-12H2,1-2H3,(H2,23,24,29)/t14-/m0/s1. The van der Waals surface area contributed by atoms with E-state index in [1.807, 2.05) is 6.92 Å². The van der Waals surface area contributed by atoms with Crippen molar-refractivity contribution in [1.29, 1.82) is 0 Å². The molecule has 0 radical (unpaired) electrons. The molecule has 0 amide bonds. The molecule has 1 fully saturated rings. The first-order valence-corrected chi connectivity index (χ1v) is 10.1. The fourth-order valence-corrected chi connectivity index (χ4v) is 3.60. The van der Waals surface area contributed by atoms with E-state index in [2.05, 4.69) is 39.8 Å². The number of carbonyl (C=O) groups excluding carboxylic acids is 1. The van der Waals surface area contributed by atoms with Gasteiger partial charge in [0.2, 0.25) is 0 Å². The molecule has 0 saturated carbocycles. The average Bonchev–Trinajstić information content (AvgIpc) is 2.75. The molecular formula is C21H24ClN3O3S. The van der Waals surface area contributed by atoms with Crippen molar-refractivity contribution in [2.24, 2.45) is 0 Å². The summed E-state index contributed by atoms with van der Waals surface area (Å²) in [7, 11) is 1.32. The van der Waals surface area contributed by atoms with E-state index in [0.717, 1.165) is 31.9 Å². The predicted octanol–water partition coefficient (Wildman–Crippen LogP) is 4.01.